The van der Waals surface area contributed by atoms with Crippen LogP contribution in [0.2, 0.25) is 0 Å². The Morgan fingerprint density at radius 3 is 2.35 bits per heavy atom. The molecular formula is C18H23N3O4S. The molecule has 1 aromatic heterocycles. The summed E-state index contributed by atoms with van der Waals surface area (Å²) >= 11 is 0. The highest BCUT2D eigenvalue weighted by molar-refractivity contribution is 7.89. The third kappa shape index (κ3) is 3.52. The van der Waals surface area contributed by atoms with Gasteiger partial charge in [0.2, 0.25) is 10.0 Å². The molecule has 0 radical (unpaired) electrons. The standard InChI is InChI=1S/C18H23N3O4S/c1-13-5-7-16(8-6-13)18(22)20-9-4-10-21(12-11-20)26(23,24)17-14(2)19-25-15(17)3/h5-8H,4,9-12H2,1-3H3. The van der Waals surface area contributed by atoms with Crippen molar-refractivity contribution in [2.24, 2.45) is 0 Å². The van der Waals surface area contributed by atoms with E-state index in [0.29, 0.717) is 43.1 Å². The van der Waals surface area contributed by atoms with Crippen LogP contribution in [0.3, 0.4) is 0 Å². The molecule has 1 aliphatic heterocycles. The Balaban J connectivity index is 1.76. The highest BCUT2D eigenvalue weighted by atomic mass is 32.2. The lowest BCUT2D eigenvalue weighted by Crippen LogP contribution is -2.37. The molecule has 0 atom stereocenters. The Morgan fingerprint density at radius 2 is 1.73 bits per heavy atom. The van der Waals surface area contributed by atoms with Crippen LogP contribution in [0.5, 0.6) is 0 Å². The minimum absolute atomic E-state index is 0.0680. The van der Waals surface area contributed by atoms with Crippen molar-refractivity contribution in [3.63, 3.8) is 0 Å². The second kappa shape index (κ2) is 7.20. The van der Waals surface area contributed by atoms with Gasteiger partial charge in [-0.1, -0.05) is 22.9 Å². The molecule has 7 nitrogen and oxygen atoms in total. The Bertz CT molecular complexity index is 884. The van der Waals surface area contributed by atoms with E-state index in [0.717, 1.165) is 5.56 Å². The Kier molecular flexibility index (Phi) is 5.15. The molecule has 2 heterocycles. The second-order valence-corrected chi connectivity index (χ2v) is 8.44. The van der Waals surface area contributed by atoms with Gasteiger partial charge in [0.05, 0.1) is 0 Å². The van der Waals surface area contributed by atoms with Crippen molar-refractivity contribution in [3.05, 3.63) is 46.8 Å². The fourth-order valence-corrected chi connectivity index (χ4v) is 4.95. The molecule has 0 saturated carbocycles. The van der Waals surface area contributed by atoms with Crippen LogP contribution >= 0.6 is 0 Å². The number of amides is 1. The van der Waals surface area contributed by atoms with E-state index in [2.05, 4.69) is 5.16 Å². The maximum Gasteiger partial charge on any atom is 0.253 e. The van der Waals surface area contributed by atoms with Gasteiger partial charge in [0, 0.05) is 31.7 Å². The summed E-state index contributed by atoms with van der Waals surface area (Å²) in [7, 11) is -3.68. The van der Waals surface area contributed by atoms with Crippen molar-refractivity contribution in [2.75, 3.05) is 26.2 Å². The monoisotopic (exact) mass is 377 g/mol. The molecule has 26 heavy (non-hydrogen) atoms. The first-order valence-electron chi connectivity index (χ1n) is 8.59. The number of benzene rings is 1. The van der Waals surface area contributed by atoms with Crippen LogP contribution in [0.4, 0.5) is 0 Å². The maximum atomic E-state index is 12.9. The lowest BCUT2D eigenvalue weighted by atomic mass is 10.1. The van der Waals surface area contributed by atoms with Crippen LogP contribution < -0.4 is 0 Å². The number of carbonyl (C=O) groups excluding carboxylic acids is 1. The van der Waals surface area contributed by atoms with Gasteiger partial charge in [-0.15, -0.1) is 0 Å². The Hall–Kier alpha value is -2.19. The summed E-state index contributed by atoms with van der Waals surface area (Å²) in [6.07, 6.45) is 0.584. The zero-order chi connectivity index (χ0) is 18.9. The molecule has 0 spiro atoms. The first-order chi connectivity index (χ1) is 12.3. The number of aromatic nitrogens is 1. The van der Waals surface area contributed by atoms with E-state index in [1.54, 1.807) is 30.9 Å². The van der Waals surface area contributed by atoms with Gasteiger partial charge in [0.25, 0.3) is 5.91 Å². The third-order valence-corrected chi connectivity index (χ3v) is 6.75. The second-order valence-electron chi connectivity index (χ2n) is 6.57. The molecule has 0 bridgehead atoms. The predicted octanol–water partition coefficient (Wildman–Crippen LogP) is 2.14. The van der Waals surface area contributed by atoms with Gasteiger partial charge in [-0.2, -0.15) is 4.31 Å². The van der Waals surface area contributed by atoms with Crippen molar-refractivity contribution in [1.82, 2.24) is 14.4 Å². The number of aryl methyl sites for hydroxylation is 3. The van der Waals surface area contributed by atoms with Crippen molar-refractivity contribution in [3.8, 4) is 0 Å². The first-order valence-corrected chi connectivity index (χ1v) is 10.0. The normalized spacial score (nSPS) is 16.5. The van der Waals surface area contributed by atoms with E-state index in [4.69, 9.17) is 4.52 Å². The molecule has 2 aromatic rings. The molecular weight excluding hydrogens is 354 g/mol. The zero-order valence-corrected chi connectivity index (χ0v) is 16.0. The van der Waals surface area contributed by atoms with Gasteiger partial charge in [0.1, 0.15) is 10.6 Å². The molecule has 1 aromatic carbocycles. The van der Waals surface area contributed by atoms with Gasteiger partial charge < -0.3 is 9.42 Å². The summed E-state index contributed by atoms with van der Waals surface area (Å²) in [4.78, 5) is 14.5. The number of sulfonamides is 1. The van der Waals surface area contributed by atoms with Crippen molar-refractivity contribution < 1.29 is 17.7 Å². The molecule has 1 fully saturated rings. The van der Waals surface area contributed by atoms with Crippen LogP contribution in [0.25, 0.3) is 0 Å². The molecule has 1 saturated heterocycles. The van der Waals surface area contributed by atoms with Crippen molar-refractivity contribution in [1.29, 1.82) is 0 Å². The average molecular weight is 377 g/mol. The van der Waals surface area contributed by atoms with Crippen molar-refractivity contribution >= 4 is 15.9 Å². The molecule has 3 rings (SSSR count). The summed E-state index contributed by atoms with van der Waals surface area (Å²) in [5, 5.41) is 3.75. The largest absolute Gasteiger partial charge is 0.360 e. The number of carbonyl (C=O) groups is 1. The first kappa shape index (κ1) is 18.6. The summed E-state index contributed by atoms with van der Waals surface area (Å²) in [6.45, 7) is 6.69. The Morgan fingerprint density at radius 1 is 1.04 bits per heavy atom. The van der Waals surface area contributed by atoms with E-state index < -0.39 is 10.0 Å². The topological polar surface area (TPSA) is 83.7 Å². The summed E-state index contributed by atoms with van der Waals surface area (Å²) in [5.74, 6) is 0.223. The lowest BCUT2D eigenvalue weighted by Gasteiger charge is -2.22. The van der Waals surface area contributed by atoms with Gasteiger partial charge in [0.15, 0.2) is 5.76 Å². The van der Waals surface area contributed by atoms with Gasteiger partial charge in [-0.05, 0) is 39.3 Å². The summed E-state index contributed by atoms with van der Waals surface area (Å²) < 4.78 is 32.3. The van der Waals surface area contributed by atoms with E-state index in [9.17, 15) is 13.2 Å². The summed E-state index contributed by atoms with van der Waals surface area (Å²) in [6, 6.07) is 7.42. The highest BCUT2D eigenvalue weighted by Crippen LogP contribution is 2.24. The maximum absolute atomic E-state index is 12.9. The number of nitrogens with zero attached hydrogens (tertiary/aromatic N) is 3. The van der Waals surface area contributed by atoms with Crippen LogP contribution in [-0.2, 0) is 10.0 Å². The number of hydrogen-bond donors (Lipinski definition) is 0. The van der Waals surface area contributed by atoms with Crippen molar-refractivity contribution in [2.45, 2.75) is 32.1 Å². The zero-order valence-electron chi connectivity index (χ0n) is 15.2. The predicted molar refractivity (Wildman–Crippen MR) is 96.4 cm³/mol. The molecule has 1 amide bonds. The summed E-state index contributed by atoms with van der Waals surface area (Å²) in [5.41, 5.74) is 2.08. The molecule has 0 N–H and O–H groups in total. The minimum Gasteiger partial charge on any atom is -0.360 e. The van der Waals surface area contributed by atoms with Crippen LogP contribution in [-0.4, -0.2) is 54.9 Å². The van der Waals surface area contributed by atoms with Crippen LogP contribution in [0.15, 0.2) is 33.7 Å². The smallest absolute Gasteiger partial charge is 0.253 e. The van der Waals surface area contributed by atoms with E-state index >= 15 is 0 Å². The minimum atomic E-state index is -3.68. The molecule has 0 aliphatic carbocycles. The number of rotatable bonds is 3. The van der Waals surface area contributed by atoms with Crippen LogP contribution in [0.1, 0.15) is 33.8 Å². The Labute approximate surface area is 153 Å². The molecule has 1 aliphatic rings. The number of hydrogen-bond acceptors (Lipinski definition) is 5. The lowest BCUT2D eigenvalue weighted by molar-refractivity contribution is 0.0764. The average Bonchev–Trinajstić information content (AvgIpc) is 2.81. The highest BCUT2D eigenvalue weighted by Gasteiger charge is 2.33. The van der Waals surface area contributed by atoms with Gasteiger partial charge in [-0.25, -0.2) is 8.42 Å². The SMILES string of the molecule is Cc1ccc(C(=O)N2CCCN(S(=O)(=O)c3c(C)noc3C)CC2)cc1. The molecule has 8 heteroatoms. The third-order valence-electron chi connectivity index (χ3n) is 4.61. The fraction of sp³-hybridized carbons (Fsp3) is 0.444. The quantitative estimate of drug-likeness (QED) is 0.818. The van der Waals surface area contributed by atoms with E-state index in [-0.39, 0.29) is 17.3 Å². The fourth-order valence-electron chi connectivity index (χ4n) is 3.19. The molecule has 0 unspecified atom stereocenters. The van der Waals surface area contributed by atoms with E-state index in [1.807, 2.05) is 19.1 Å². The van der Waals surface area contributed by atoms with Gasteiger partial charge in [-0.3, -0.25) is 4.79 Å². The molecule has 140 valence electrons. The van der Waals surface area contributed by atoms with Crippen LogP contribution in [0, 0.1) is 20.8 Å². The van der Waals surface area contributed by atoms with E-state index in [1.165, 1.54) is 4.31 Å². The van der Waals surface area contributed by atoms with Gasteiger partial charge >= 0.3 is 0 Å².